The largest absolute Gasteiger partial charge is 0.494 e. The van der Waals surface area contributed by atoms with E-state index in [1.807, 2.05) is 0 Å². The van der Waals surface area contributed by atoms with E-state index >= 15 is 0 Å². The molecule has 5 nitrogen and oxygen atoms in total. The maximum absolute atomic E-state index is 11.2. The SMILES string of the molecule is COc1cc(S(C)(=O)=O)ccc1NN. The van der Waals surface area contributed by atoms with Gasteiger partial charge in [0, 0.05) is 12.3 Å². The molecule has 1 aromatic rings. The minimum Gasteiger partial charge on any atom is -0.494 e. The van der Waals surface area contributed by atoms with Crippen molar-refractivity contribution in [3.8, 4) is 5.75 Å². The number of hydrazine groups is 1. The molecule has 0 atom stereocenters. The molecule has 0 fully saturated rings. The predicted octanol–water partition coefficient (Wildman–Crippen LogP) is 0.384. The van der Waals surface area contributed by atoms with Crippen LogP contribution in [0.3, 0.4) is 0 Å². The molecule has 0 aliphatic carbocycles. The average Bonchev–Trinajstić information content (AvgIpc) is 2.15. The number of sulfone groups is 1. The first-order chi connectivity index (χ1) is 6.49. The van der Waals surface area contributed by atoms with Crippen LogP contribution < -0.4 is 16.0 Å². The number of ether oxygens (including phenoxy) is 1. The minimum absolute atomic E-state index is 0.202. The topological polar surface area (TPSA) is 81.4 Å². The van der Waals surface area contributed by atoms with Crippen LogP contribution >= 0.6 is 0 Å². The maximum Gasteiger partial charge on any atom is 0.175 e. The third-order valence-electron chi connectivity index (χ3n) is 1.76. The summed E-state index contributed by atoms with van der Waals surface area (Å²) in [5, 5.41) is 0. The zero-order chi connectivity index (χ0) is 10.8. The minimum atomic E-state index is -3.21. The highest BCUT2D eigenvalue weighted by atomic mass is 32.2. The molecule has 0 saturated heterocycles. The van der Waals surface area contributed by atoms with Gasteiger partial charge in [-0.2, -0.15) is 0 Å². The summed E-state index contributed by atoms with van der Waals surface area (Å²) in [6.45, 7) is 0. The van der Waals surface area contributed by atoms with E-state index in [1.165, 1.54) is 19.2 Å². The molecule has 14 heavy (non-hydrogen) atoms. The maximum atomic E-state index is 11.2. The van der Waals surface area contributed by atoms with Gasteiger partial charge in [0.25, 0.3) is 0 Å². The molecule has 0 aromatic heterocycles. The average molecular weight is 216 g/mol. The number of hydrogen-bond acceptors (Lipinski definition) is 5. The number of nitrogens with one attached hydrogen (secondary N) is 1. The Morgan fingerprint density at radius 2 is 2.07 bits per heavy atom. The first-order valence-corrected chi connectivity index (χ1v) is 5.73. The van der Waals surface area contributed by atoms with Gasteiger partial charge in [0.1, 0.15) is 5.75 Å². The van der Waals surface area contributed by atoms with E-state index in [9.17, 15) is 8.42 Å². The normalized spacial score (nSPS) is 11.1. The number of nitrogen functional groups attached to an aromatic ring is 1. The first kappa shape index (κ1) is 10.8. The standard InChI is InChI=1S/C8H12N2O3S/c1-13-8-5-6(14(2,11)12)3-4-7(8)10-9/h3-5,10H,9H2,1-2H3. The molecule has 0 bridgehead atoms. The lowest BCUT2D eigenvalue weighted by molar-refractivity contribution is 0.415. The van der Waals surface area contributed by atoms with Gasteiger partial charge < -0.3 is 10.2 Å². The molecule has 1 rings (SSSR count). The summed E-state index contributed by atoms with van der Waals surface area (Å²) in [6, 6.07) is 4.44. The van der Waals surface area contributed by atoms with Crippen LogP contribution in [0.15, 0.2) is 23.1 Å². The number of rotatable bonds is 3. The molecule has 0 heterocycles. The van der Waals surface area contributed by atoms with Gasteiger partial charge in [0.05, 0.1) is 17.7 Å². The summed E-state index contributed by atoms with van der Waals surface area (Å²) in [4.78, 5) is 0.202. The Labute approximate surface area is 82.8 Å². The molecule has 6 heteroatoms. The van der Waals surface area contributed by atoms with Crippen LogP contribution in [0.4, 0.5) is 5.69 Å². The van der Waals surface area contributed by atoms with E-state index < -0.39 is 9.84 Å². The zero-order valence-corrected chi connectivity index (χ0v) is 8.76. The van der Waals surface area contributed by atoms with Gasteiger partial charge in [-0.05, 0) is 12.1 Å². The Bertz CT molecular complexity index is 428. The highest BCUT2D eigenvalue weighted by Gasteiger charge is 2.10. The van der Waals surface area contributed by atoms with E-state index in [2.05, 4.69) is 5.43 Å². The molecule has 0 saturated carbocycles. The summed E-state index contributed by atoms with van der Waals surface area (Å²) < 4.78 is 27.4. The smallest absolute Gasteiger partial charge is 0.175 e. The number of nitrogens with two attached hydrogens (primary N) is 1. The second kappa shape index (κ2) is 3.85. The van der Waals surface area contributed by atoms with Crippen LogP contribution in [0.5, 0.6) is 5.75 Å². The van der Waals surface area contributed by atoms with Crippen LogP contribution in [-0.2, 0) is 9.84 Å². The fourth-order valence-corrected chi connectivity index (χ4v) is 1.66. The Morgan fingerprint density at radius 1 is 1.43 bits per heavy atom. The highest BCUT2D eigenvalue weighted by molar-refractivity contribution is 7.90. The van der Waals surface area contributed by atoms with Gasteiger partial charge in [0.2, 0.25) is 0 Å². The zero-order valence-electron chi connectivity index (χ0n) is 7.94. The van der Waals surface area contributed by atoms with Crippen molar-refractivity contribution in [3.05, 3.63) is 18.2 Å². The van der Waals surface area contributed by atoms with E-state index in [4.69, 9.17) is 10.6 Å². The van der Waals surface area contributed by atoms with Crippen molar-refractivity contribution in [2.24, 2.45) is 5.84 Å². The lowest BCUT2D eigenvalue weighted by Gasteiger charge is -2.08. The van der Waals surface area contributed by atoms with Crippen LogP contribution in [0, 0.1) is 0 Å². The summed E-state index contributed by atoms with van der Waals surface area (Å²) >= 11 is 0. The molecule has 0 aliphatic rings. The second-order valence-electron chi connectivity index (χ2n) is 2.78. The van der Waals surface area contributed by atoms with Gasteiger partial charge in [-0.15, -0.1) is 0 Å². The lowest BCUT2D eigenvalue weighted by atomic mass is 10.3. The van der Waals surface area contributed by atoms with Crippen molar-refractivity contribution in [2.45, 2.75) is 4.90 Å². The molecular formula is C8H12N2O3S. The third kappa shape index (κ3) is 2.15. The molecule has 0 amide bonds. The summed E-state index contributed by atoms with van der Waals surface area (Å²) in [6.07, 6.45) is 1.14. The van der Waals surface area contributed by atoms with Gasteiger partial charge in [0.15, 0.2) is 9.84 Å². The van der Waals surface area contributed by atoms with Gasteiger partial charge in [-0.25, -0.2) is 8.42 Å². The number of hydrogen-bond donors (Lipinski definition) is 2. The Hall–Kier alpha value is -1.27. The van der Waals surface area contributed by atoms with Crippen LogP contribution in [-0.4, -0.2) is 21.8 Å². The molecular weight excluding hydrogens is 204 g/mol. The highest BCUT2D eigenvalue weighted by Crippen LogP contribution is 2.26. The number of anilines is 1. The Kier molecular flexibility index (Phi) is 2.97. The van der Waals surface area contributed by atoms with Crippen LogP contribution in [0.25, 0.3) is 0 Å². The first-order valence-electron chi connectivity index (χ1n) is 3.83. The van der Waals surface area contributed by atoms with Crippen molar-refractivity contribution >= 4 is 15.5 Å². The van der Waals surface area contributed by atoms with Gasteiger partial charge in [-0.1, -0.05) is 0 Å². The molecule has 0 radical (unpaired) electrons. The Morgan fingerprint density at radius 3 is 2.50 bits per heavy atom. The van der Waals surface area contributed by atoms with Crippen molar-refractivity contribution in [1.82, 2.24) is 0 Å². The molecule has 0 aliphatic heterocycles. The molecule has 78 valence electrons. The predicted molar refractivity (Wildman–Crippen MR) is 53.9 cm³/mol. The summed E-state index contributed by atoms with van der Waals surface area (Å²) in [5.41, 5.74) is 2.95. The number of methoxy groups -OCH3 is 1. The van der Waals surface area contributed by atoms with E-state index in [0.717, 1.165) is 6.26 Å². The van der Waals surface area contributed by atoms with Crippen LogP contribution in [0.2, 0.25) is 0 Å². The summed E-state index contributed by atoms with van der Waals surface area (Å²) in [7, 11) is -1.76. The lowest BCUT2D eigenvalue weighted by Crippen LogP contribution is -2.08. The van der Waals surface area contributed by atoms with Crippen molar-refractivity contribution in [3.63, 3.8) is 0 Å². The third-order valence-corrected chi connectivity index (χ3v) is 2.87. The van der Waals surface area contributed by atoms with Gasteiger partial charge in [-0.3, -0.25) is 5.84 Å². The Balaban J connectivity index is 3.28. The molecule has 1 aromatic carbocycles. The quantitative estimate of drug-likeness (QED) is 0.564. The molecule has 0 spiro atoms. The molecule has 3 N–H and O–H groups in total. The van der Waals surface area contributed by atoms with E-state index in [0.29, 0.717) is 11.4 Å². The molecule has 0 unspecified atom stereocenters. The van der Waals surface area contributed by atoms with E-state index in [-0.39, 0.29) is 4.90 Å². The fourth-order valence-electron chi connectivity index (χ4n) is 1.02. The van der Waals surface area contributed by atoms with Crippen molar-refractivity contribution in [2.75, 3.05) is 18.8 Å². The van der Waals surface area contributed by atoms with Crippen LogP contribution in [0.1, 0.15) is 0 Å². The summed E-state index contributed by atoms with van der Waals surface area (Å²) in [5.74, 6) is 5.60. The van der Waals surface area contributed by atoms with Crippen molar-refractivity contribution in [1.29, 1.82) is 0 Å². The van der Waals surface area contributed by atoms with Crippen molar-refractivity contribution < 1.29 is 13.2 Å². The number of benzene rings is 1. The second-order valence-corrected chi connectivity index (χ2v) is 4.79. The van der Waals surface area contributed by atoms with Gasteiger partial charge >= 0.3 is 0 Å². The van der Waals surface area contributed by atoms with E-state index in [1.54, 1.807) is 6.07 Å². The monoisotopic (exact) mass is 216 g/mol. The fraction of sp³-hybridized carbons (Fsp3) is 0.250.